The molecule has 5 nitrogen and oxygen atoms in total. The third-order valence-corrected chi connectivity index (χ3v) is 1.80. The molecule has 0 amide bonds. The van der Waals surface area contributed by atoms with Gasteiger partial charge in [-0.25, -0.2) is 0 Å². The third kappa shape index (κ3) is 2.85. The van der Waals surface area contributed by atoms with Gasteiger partial charge in [0.1, 0.15) is 0 Å². The first-order chi connectivity index (χ1) is 6.67. The molecular formula is C7H11Cl2N5. The smallest absolute Gasteiger partial charge is 0.227 e. The molecule has 0 saturated heterocycles. The number of rotatable bonds is 4. The van der Waals surface area contributed by atoms with Gasteiger partial charge in [-0.05, 0) is 6.92 Å². The zero-order valence-electron chi connectivity index (χ0n) is 7.88. The molecule has 78 valence electrons. The zero-order chi connectivity index (χ0) is 10.6. The molecule has 2 N–H and O–H groups in total. The molecule has 0 fully saturated rings. The van der Waals surface area contributed by atoms with Crippen molar-refractivity contribution in [1.82, 2.24) is 15.0 Å². The van der Waals surface area contributed by atoms with Gasteiger partial charge in [-0.15, -0.1) is 0 Å². The Morgan fingerprint density at radius 3 is 2.36 bits per heavy atom. The Kier molecular flexibility index (Phi) is 4.16. The normalized spacial score (nSPS) is 10.4. The number of hydrogen-bond acceptors (Lipinski definition) is 5. The Hall–Kier alpha value is -0.810. The summed E-state index contributed by atoms with van der Waals surface area (Å²) in [5.41, 5.74) is 0. The maximum atomic E-state index is 5.66. The Bertz CT molecular complexity index is 304. The van der Waals surface area contributed by atoms with Crippen LogP contribution in [0.4, 0.5) is 11.9 Å². The molecule has 0 saturated carbocycles. The van der Waals surface area contributed by atoms with Crippen LogP contribution in [0.1, 0.15) is 17.6 Å². The predicted molar refractivity (Wildman–Crippen MR) is 58.0 cm³/mol. The molecule has 0 unspecified atom stereocenters. The van der Waals surface area contributed by atoms with Crippen LogP contribution >= 0.6 is 23.2 Å². The molecule has 1 heterocycles. The summed E-state index contributed by atoms with van der Waals surface area (Å²) in [7, 11) is 1.71. The first-order valence-corrected chi connectivity index (χ1v) is 5.00. The molecule has 0 aliphatic heterocycles. The monoisotopic (exact) mass is 235 g/mol. The topological polar surface area (TPSA) is 62.7 Å². The van der Waals surface area contributed by atoms with Crippen LogP contribution in [-0.2, 0) is 0 Å². The van der Waals surface area contributed by atoms with Crippen LogP contribution in [0.15, 0.2) is 0 Å². The summed E-state index contributed by atoms with van der Waals surface area (Å²) in [4.78, 5) is 11.3. The Morgan fingerprint density at radius 1 is 1.21 bits per heavy atom. The minimum absolute atomic E-state index is 0.337. The van der Waals surface area contributed by atoms with Crippen LogP contribution in [0.3, 0.4) is 0 Å². The first kappa shape index (κ1) is 11.3. The van der Waals surface area contributed by atoms with Crippen LogP contribution in [0.25, 0.3) is 0 Å². The summed E-state index contributed by atoms with van der Waals surface area (Å²) in [6, 6.07) is 0. The molecular weight excluding hydrogens is 225 g/mol. The molecule has 1 aromatic heterocycles. The number of aromatic nitrogens is 3. The zero-order valence-corrected chi connectivity index (χ0v) is 9.39. The fraction of sp³-hybridized carbons (Fsp3) is 0.571. The van der Waals surface area contributed by atoms with Gasteiger partial charge in [0.2, 0.25) is 11.9 Å². The lowest BCUT2D eigenvalue weighted by Gasteiger charge is -2.07. The van der Waals surface area contributed by atoms with E-state index in [1.165, 1.54) is 0 Å². The number of nitrogens with zero attached hydrogens (tertiary/aromatic N) is 3. The number of halogens is 2. The van der Waals surface area contributed by atoms with Crippen molar-refractivity contribution < 1.29 is 0 Å². The summed E-state index contributed by atoms with van der Waals surface area (Å²) in [5, 5.41) is 5.76. The maximum Gasteiger partial charge on any atom is 0.227 e. The van der Waals surface area contributed by atoms with Gasteiger partial charge in [-0.1, -0.05) is 23.2 Å². The molecule has 0 radical (unpaired) electrons. The number of anilines is 2. The average molecular weight is 236 g/mol. The Labute approximate surface area is 92.3 Å². The van der Waals surface area contributed by atoms with Gasteiger partial charge in [0.15, 0.2) is 10.7 Å². The lowest BCUT2D eigenvalue weighted by Crippen LogP contribution is -2.09. The molecule has 0 aliphatic rings. The SMILES string of the molecule is CCNc1nc(NC)nc(C(Cl)Cl)n1. The molecule has 0 spiro atoms. The highest BCUT2D eigenvalue weighted by Gasteiger charge is 2.10. The van der Waals surface area contributed by atoms with E-state index in [1.807, 2.05) is 6.92 Å². The van der Waals surface area contributed by atoms with E-state index in [-0.39, 0.29) is 0 Å². The van der Waals surface area contributed by atoms with Crippen molar-refractivity contribution in [2.75, 3.05) is 24.2 Å². The van der Waals surface area contributed by atoms with Gasteiger partial charge < -0.3 is 10.6 Å². The van der Waals surface area contributed by atoms with E-state index in [0.717, 1.165) is 6.54 Å². The fourth-order valence-corrected chi connectivity index (χ4v) is 1.03. The highest BCUT2D eigenvalue weighted by Crippen LogP contribution is 2.22. The first-order valence-electron chi connectivity index (χ1n) is 4.13. The standard InChI is InChI=1S/C7H11Cl2N5/c1-3-11-7-13-5(4(8)9)12-6(10-2)14-7/h4H,3H2,1-2H3,(H2,10,11,12,13,14). The van der Waals surface area contributed by atoms with Gasteiger partial charge in [0, 0.05) is 13.6 Å². The Balaban J connectivity index is 3.00. The highest BCUT2D eigenvalue weighted by atomic mass is 35.5. The van der Waals surface area contributed by atoms with E-state index in [2.05, 4.69) is 25.6 Å². The van der Waals surface area contributed by atoms with E-state index in [1.54, 1.807) is 7.05 Å². The van der Waals surface area contributed by atoms with Crippen molar-refractivity contribution in [3.8, 4) is 0 Å². The molecule has 0 aliphatic carbocycles. The summed E-state index contributed by atoms with van der Waals surface area (Å²) < 4.78 is 0. The predicted octanol–water partition coefficient (Wildman–Crippen LogP) is 1.82. The Morgan fingerprint density at radius 2 is 1.86 bits per heavy atom. The molecule has 14 heavy (non-hydrogen) atoms. The van der Waals surface area contributed by atoms with Gasteiger partial charge in [0.05, 0.1) is 0 Å². The van der Waals surface area contributed by atoms with Crippen molar-refractivity contribution in [3.05, 3.63) is 5.82 Å². The largest absolute Gasteiger partial charge is 0.357 e. The lowest BCUT2D eigenvalue weighted by atomic mass is 10.6. The number of alkyl halides is 2. The maximum absolute atomic E-state index is 5.66. The quantitative estimate of drug-likeness (QED) is 0.780. The van der Waals surface area contributed by atoms with Gasteiger partial charge in [-0.2, -0.15) is 15.0 Å². The lowest BCUT2D eigenvalue weighted by molar-refractivity contribution is 0.941. The highest BCUT2D eigenvalue weighted by molar-refractivity contribution is 6.43. The summed E-state index contributed by atoms with van der Waals surface area (Å²) in [5.74, 6) is 1.24. The van der Waals surface area contributed by atoms with Crippen molar-refractivity contribution in [2.24, 2.45) is 0 Å². The molecule has 1 aromatic rings. The molecule has 7 heteroatoms. The number of nitrogens with one attached hydrogen (secondary N) is 2. The van der Waals surface area contributed by atoms with E-state index >= 15 is 0 Å². The van der Waals surface area contributed by atoms with E-state index in [0.29, 0.717) is 17.7 Å². The molecule has 0 aromatic carbocycles. The van der Waals surface area contributed by atoms with Crippen molar-refractivity contribution in [3.63, 3.8) is 0 Å². The summed E-state index contributed by atoms with van der Waals surface area (Å²) in [6.07, 6.45) is 0. The van der Waals surface area contributed by atoms with Crippen LogP contribution in [0, 0.1) is 0 Å². The molecule has 0 bridgehead atoms. The van der Waals surface area contributed by atoms with E-state index in [9.17, 15) is 0 Å². The van der Waals surface area contributed by atoms with Crippen LogP contribution < -0.4 is 10.6 Å². The summed E-state index contributed by atoms with van der Waals surface area (Å²) in [6.45, 7) is 2.67. The molecule has 1 rings (SSSR count). The van der Waals surface area contributed by atoms with Crippen molar-refractivity contribution >= 4 is 35.1 Å². The van der Waals surface area contributed by atoms with Crippen LogP contribution in [0.5, 0.6) is 0 Å². The van der Waals surface area contributed by atoms with Crippen LogP contribution in [0.2, 0.25) is 0 Å². The average Bonchev–Trinajstić information content (AvgIpc) is 2.17. The second-order valence-corrected chi connectivity index (χ2v) is 3.52. The van der Waals surface area contributed by atoms with Crippen LogP contribution in [-0.4, -0.2) is 28.5 Å². The van der Waals surface area contributed by atoms with E-state index < -0.39 is 4.84 Å². The van der Waals surface area contributed by atoms with Gasteiger partial charge >= 0.3 is 0 Å². The fourth-order valence-electron chi connectivity index (χ4n) is 0.839. The van der Waals surface area contributed by atoms with Crippen molar-refractivity contribution in [2.45, 2.75) is 11.8 Å². The molecule has 0 atom stereocenters. The second-order valence-electron chi connectivity index (χ2n) is 2.42. The van der Waals surface area contributed by atoms with Crippen molar-refractivity contribution in [1.29, 1.82) is 0 Å². The van der Waals surface area contributed by atoms with E-state index in [4.69, 9.17) is 23.2 Å². The van der Waals surface area contributed by atoms with Gasteiger partial charge in [-0.3, -0.25) is 0 Å². The minimum atomic E-state index is -0.748. The third-order valence-electron chi connectivity index (χ3n) is 1.41. The van der Waals surface area contributed by atoms with Gasteiger partial charge in [0.25, 0.3) is 0 Å². The minimum Gasteiger partial charge on any atom is -0.357 e. The number of hydrogen-bond donors (Lipinski definition) is 2. The second kappa shape index (κ2) is 5.17. The summed E-state index contributed by atoms with van der Waals surface area (Å²) >= 11 is 11.3.